The first-order valence-electron chi connectivity index (χ1n) is 39.6. The van der Waals surface area contributed by atoms with Gasteiger partial charge in [-0.3, -0.25) is 44.2 Å². The van der Waals surface area contributed by atoms with Gasteiger partial charge in [0, 0.05) is 117 Å². The highest BCUT2D eigenvalue weighted by Gasteiger charge is 2.43. The van der Waals surface area contributed by atoms with Crippen molar-refractivity contribution in [2.24, 2.45) is 5.73 Å². The van der Waals surface area contributed by atoms with Gasteiger partial charge >= 0.3 is 24.0 Å². The highest BCUT2D eigenvalue weighted by Crippen LogP contribution is 2.40. The van der Waals surface area contributed by atoms with Crippen molar-refractivity contribution in [3.05, 3.63) is 358 Å². The highest BCUT2D eigenvalue weighted by atomic mass is 79.9. The number of carboxylic acid groups (broad SMARTS) is 1. The van der Waals surface area contributed by atoms with Crippen molar-refractivity contribution in [1.82, 2.24) is 34.5 Å². The maximum Gasteiger partial charge on any atom is 0.410 e. The lowest BCUT2D eigenvalue weighted by Crippen LogP contribution is -2.50. The average molecular weight is 1910 g/mol. The Balaban J connectivity index is 0.000000143. The summed E-state index contributed by atoms with van der Waals surface area (Å²) in [4.78, 5) is 144. The molecule has 10 aromatic carbocycles. The number of amides is 7. The van der Waals surface area contributed by atoms with Crippen molar-refractivity contribution in [2.75, 3.05) is 55.9 Å². The summed E-state index contributed by atoms with van der Waals surface area (Å²) in [6.45, 7) is 9.75. The van der Waals surface area contributed by atoms with Gasteiger partial charge in [-0.25, -0.2) is 24.4 Å². The summed E-state index contributed by atoms with van der Waals surface area (Å²) >= 11 is 12.8. The van der Waals surface area contributed by atoms with Gasteiger partial charge in [-0.1, -0.05) is 236 Å². The van der Waals surface area contributed by atoms with Crippen LogP contribution in [-0.2, 0) is 64.4 Å². The Morgan fingerprint density at radius 3 is 1.17 bits per heavy atom. The normalized spacial score (nSPS) is 14.7. The molecule has 0 radical (unpaired) electrons. The number of halogens is 3. The molecule has 1 fully saturated rings. The number of aromatic nitrogens is 2. The van der Waals surface area contributed by atoms with Crippen molar-refractivity contribution in [3.8, 4) is 11.1 Å². The van der Waals surface area contributed by atoms with Gasteiger partial charge < -0.3 is 54.5 Å². The molecule has 5 atom stereocenters. The van der Waals surface area contributed by atoms with Crippen molar-refractivity contribution in [2.45, 2.75) is 82.8 Å². The minimum atomic E-state index is -1.03. The fourth-order valence-electron chi connectivity index (χ4n) is 14.9. The SMILES string of the molecule is CC(C)(C)OC(=O)N1CCN(c2ccc(-c3ccc4c(c3)CN(C(C(=O)Nc3nccs3)c3ccccc3)C4=O)cc2)CC1.COC(=O)C(N)c1ccccc1.COC(=O)C(c1ccccc1)N1Cc2ccc(Br)cc2C1=O.O=C(Nc1nccs1)C(c1ccccc1)N1Cc2ccc(Br)cc2C1=O.O=C(O)C(c1ccccc1)N1Cc2ccc(Br)cc2C1=O. The summed E-state index contributed by atoms with van der Waals surface area (Å²) in [7, 11) is 2.66. The van der Waals surface area contributed by atoms with E-state index in [-0.39, 0.29) is 41.5 Å². The number of piperazine rings is 1. The lowest BCUT2D eigenvalue weighted by molar-refractivity contribution is -0.146. The molecule has 12 aromatic rings. The standard InChI is InChI=1S/C34H35N5O4S.C19H14BrN3O2S.C17H14BrNO3.C16H12BrNO3.C9H11NO2/c1-34(2,3)43-33(42)38-18-16-37(17-19-38)27-12-9-23(10-13-27)25-11-14-28-26(21-25)22-39(31(28)41)29(24-7-5-4-6-8-24)30(40)36-32-35-15-20-44-32;20-14-7-6-13-11-23(18(25)15(13)10-14)16(12-4-2-1-3-5-12)17(24)22-19-21-8-9-26-19;1-22-17(21)15(11-5-3-2-4-6-11)19-10-12-7-8-13(18)9-14(12)16(19)20;17-12-7-6-11-9-18(15(19)13(11)8-12)14(16(20)21)10-4-2-1-3-5-10;1-12-9(11)8(10)7-5-3-2-4-6-7/h4-15,20-21,29H,16-19,22H2,1-3H3,(H,35,36,40);1-10,16H,11H2,(H,21,22,24);2-9,15H,10H2,1H3;1-8,14H,9H2,(H,20,21);2-6,8H,10H2,1H3. The first kappa shape index (κ1) is 89.9. The molecular weight excluding hydrogens is 1820 g/mol. The van der Waals surface area contributed by atoms with Gasteiger partial charge in [0.05, 0.1) is 14.2 Å². The maximum atomic E-state index is 13.6. The van der Waals surface area contributed by atoms with Crippen LogP contribution in [0, 0.1) is 0 Å². The molecule has 0 aliphatic carbocycles. The van der Waals surface area contributed by atoms with E-state index >= 15 is 0 Å². The summed E-state index contributed by atoms with van der Waals surface area (Å²) in [5, 5.41) is 19.8. The van der Waals surface area contributed by atoms with Crippen LogP contribution in [0.15, 0.2) is 285 Å². The second-order valence-electron chi connectivity index (χ2n) is 30.2. The number of aliphatic carboxylic acids is 1. The number of methoxy groups -OCH3 is 2. The second-order valence-corrected chi connectivity index (χ2v) is 34.7. The number of carbonyl (C=O) groups is 10. The third-order valence-corrected chi connectivity index (χ3v) is 23.8. The lowest BCUT2D eigenvalue weighted by atomic mass is 10.00. The van der Waals surface area contributed by atoms with Crippen molar-refractivity contribution in [1.29, 1.82) is 0 Å². The van der Waals surface area contributed by atoms with Gasteiger partial charge in [-0.05, 0) is 143 Å². The minimum absolute atomic E-state index is 0.149. The molecule has 25 nitrogen and oxygen atoms in total. The molecule has 5 aliphatic heterocycles. The molecule has 0 bridgehead atoms. The minimum Gasteiger partial charge on any atom is -0.479 e. The van der Waals surface area contributed by atoms with Crippen LogP contribution < -0.4 is 21.3 Å². The number of hydrogen-bond donors (Lipinski definition) is 4. The summed E-state index contributed by atoms with van der Waals surface area (Å²) in [6.07, 6.45) is 3.00. The molecule has 17 rings (SSSR count). The van der Waals surface area contributed by atoms with Gasteiger partial charge in [0.2, 0.25) is 0 Å². The smallest absolute Gasteiger partial charge is 0.410 e. The van der Waals surface area contributed by atoms with Crippen molar-refractivity contribution >= 4 is 146 Å². The average Bonchev–Trinajstić information content (AvgIpc) is 1.65. The zero-order valence-corrected chi connectivity index (χ0v) is 74.8. The first-order chi connectivity index (χ1) is 60.2. The molecule has 125 heavy (non-hydrogen) atoms. The quantitative estimate of drug-likeness (QED) is 0.0458. The van der Waals surface area contributed by atoms with Crippen LogP contribution in [-0.4, -0.2) is 145 Å². The van der Waals surface area contributed by atoms with E-state index in [0.717, 1.165) is 87.8 Å². The van der Waals surface area contributed by atoms with Crippen LogP contribution in [0.4, 0.5) is 20.7 Å². The number of nitrogens with one attached hydrogen (secondary N) is 2. The van der Waals surface area contributed by atoms with E-state index in [0.29, 0.717) is 77.3 Å². The van der Waals surface area contributed by atoms with Crippen LogP contribution in [0.2, 0.25) is 0 Å². The maximum absolute atomic E-state index is 13.6. The Morgan fingerprint density at radius 1 is 0.424 bits per heavy atom. The summed E-state index contributed by atoms with van der Waals surface area (Å²) in [5.74, 6) is -3.17. The number of ether oxygens (including phenoxy) is 3. The van der Waals surface area contributed by atoms with Crippen LogP contribution >= 0.6 is 70.5 Å². The third kappa shape index (κ3) is 21.9. The summed E-state index contributed by atoms with van der Waals surface area (Å²) in [5.41, 5.74) is 17.8. The zero-order chi connectivity index (χ0) is 88.6. The number of anilines is 3. The lowest BCUT2D eigenvalue weighted by Gasteiger charge is -2.36. The third-order valence-electron chi connectivity index (χ3n) is 20.9. The van der Waals surface area contributed by atoms with E-state index < -0.39 is 53.7 Å². The summed E-state index contributed by atoms with van der Waals surface area (Å²) < 4.78 is 17.4. The molecule has 30 heteroatoms. The Hall–Kier alpha value is -12.8. The Kier molecular flexibility index (Phi) is 29.6. The molecule has 0 spiro atoms. The number of thiazole rings is 2. The first-order valence-corrected chi connectivity index (χ1v) is 43.7. The molecule has 5 unspecified atom stereocenters. The molecule has 0 saturated carbocycles. The Morgan fingerprint density at radius 2 is 0.784 bits per heavy atom. The van der Waals surface area contributed by atoms with E-state index in [1.807, 2.05) is 191 Å². The highest BCUT2D eigenvalue weighted by molar-refractivity contribution is 9.11. The van der Waals surface area contributed by atoms with E-state index in [4.69, 9.17) is 15.2 Å². The number of nitrogens with two attached hydrogens (primary N) is 1. The van der Waals surface area contributed by atoms with Gasteiger partial charge in [0.15, 0.2) is 22.3 Å². The number of esters is 2. The monoisotopic (exact) mass is 1910 g/mol. The number of carbonyl (C=O) groups excluding carboxylic acids is 9. The van der Waals surface area contributed by atoms with Crippen LogP contribution in [0.5, 0.6) is 0 Å². The van der Waals surface area contributed by atoms with Gasteiger partial charge in [0.1, 0.15) is 23.7 Å². The number of hydrogen-bond acceptors (Lipinski definition) is 19. The van der Waals surface area contributed by atoms with Gasteiger partial charge in [0.25, 0.3) is 35.4 Å². The largest absolute Gasteiger partial charge is 0.479 e. The molecular formula is C95H86Br3N11O14S2. The molecule has 1 saturated heterocycles. The van der Waals surface area contributed by atoms with E-state index in [1.165, 1.54) is 41.8 Å². The molecule has 7 amide bonds. The van der Waals surface area contributed by atoms with Crippen molar-refractivity contribution in [3.63, 3.8) is 0 Å². The number of rotatable bonds is 18. The topological polar surface area (TPSA) is 314 Å². The molecule has 7 heterocycles. The van der Waals surface area contributed by atoms with Gasteiger partial charge in [-0.15, -0.1) is 22.7 Å². The fourth-order valence-corrected chi connectivity index (χ4v) is 17.1. The van der Waals surface area contributed by atoms with Crippen LogP contribution in [0.3, 0.4) is 0 Å². The molecule has 5 N–H and O–H groups in total. The van der Waals surface area contributed by atoms with E-state index in [1.54, 1.807) is 97.4 Å². The van der Waals surface area contributed by atoms with Crippen LogP contribution in [0.25, 0.3) is 11.1 Å². The fraction of sp³-hybridized carbons (Fsp3) is 0.200. The Bertz CT molecular complexity index is 5880. The summed E-state index contributed by atoms with van der Waals surface area (Å²) in [6, 6.07) is 72.8. The number of carboxylic acids is 1. The predicted octanol–water partition coefficient (Wildman–Crippen LogP) is 17.9. The van der Waals surface area contributed by atoms with Crippen LogP contribution in [0.1, 0.15) is 142 Å². The van der Waals surface area contributed by atoms with E-state index in [2.05, 4.69) is 102 Å². The molecule has 5 aliphatic rings. The van der Waals surface area contributed by atoms with Crippen molar-refractivity contribution < 1.29 is 67.3 Å². The molecule has 638 valence electrons. The molecule has 2 aromatic heterocycles. The Labute approximate surface area is 755 Å². The second kappa shape index (κ2) is 41.1. The number of benzene rings is 10. The predicted molar refractivity (Wildman–Crippen MR) is 487 cm³/mol. The zero-order valence-electron chi connectivity index (χ0n) is 68.4. The van der Waals surface area contributed by atoms with E-state index in [9.17, 15) is 53.1 Å². The van der Waals surface area contributed by atoms with Gasteiger partial charge in [-0.2, -0.15) is 0 Å². The number of fused-ring (bicyclic) bond motifs is 4. The number of nitrogens with zero attached hydrogens (tertiary/aromatic N) is 8.